The molecule has 0 fully saturated rings. The first-order valence-corrected chi connectivity index (χ1v) is 6.46. The van der Waals surface area contributed by atoms with Gasteiger partial charge in [0.05, 0.1) is 18.8 Å². The fraction of sp³-hybridized carbons (Fsp3) is 0.467. The lowest BCUT2D eigenvalue weighted by Gasteiger charge is -2.11. The van der Waals surface area contributed by atoms with E-state index in [2.05, 4.69) is 5.32 Å². The number of hydrogen-bond donors (Lipinski definition) is 1. The Morgan fingerprint density at radius 1 is 1.37 bits per heavy atom. The van der Waals surface area contributed by atoms with E-state index in [1.807, 2.05) is 50.2 Å². The van der Waals surface area contributed by atoms with Crippen molar-refractivity contribution in [1.29, 1.82) is 5.26 Å². The monoisotopic (exact) mass is 260 g/mol. The molecule has 1 atom stereocenters. The number of nitrogens with one attached hydrogen (secondary N) is 1. The molecule has 0 radical (unpaired) electrons. The van der Waals surface area contributed by atoms with Gasteiger partial charge in [0.2, 0.25) is 5.91 Å². The number of nitriles is 1. The standard InChI is InChI=1S/C15H20N2O2/c1-12(2)19-9-8-17-15(18)14(11-16)10-13-6-4-3-5-7-13/h3-7,12,14H,8-10H2,1-2H3,(H,17,18). The number of carbonyl (C=O) groups is 1. The summed E-state index contributed by atoms with van der Waals surface area (Å²) in [5, 5.41) is 11.8. The summed E-state index contributed by atoms with van der Waals surface area (Å²) in [7, 11) is 0. The lowest BCUT2D eigenvalue weighted by atomic mass is 10.00. The minimum Gasteiger partial charge on any atom is -0.377 e. The quantitative estimate of drug-likeness (QED) is 0.762. The first kappa shape index (κ1) is 15.2. The Labute approximate surface area is 114 Å². The highest BCUT2D eigenvalue weighted by Crippen LogP contribution is 2.08. The highest BCUT2D eigenvalue weighted by atomic mass is 16.5. The molecule has 19 heavy (non-hydrogen) atoms. The molecule has 102 valence electrons. The fourth-order valence-electron chi connectivity index (χ4n) is 1.64. The minimum absolute atomic E-state index is 0.146. The largest absolute Gasteiger partial charge is 0.377 e. The molecule has 0 aliphatic carbocycles. The number of ether oxygens (including phenoxy) is 1. The highest BCUT2D eigenvalue weighted by molar-refractivity contribution is 5.81. The van der Waals surface area contributed by atoms with E-state index in [4.69, 9.17) is 10.00 Å². The number of rotatable bonds is 7. The van der Waals surface area contributed by atoms with Gasteiger partial charge in [-0.15, -0.1) is 0 Å². The molecule has 1 N–H and O–H groups in total. The summed E-state index contributed by atoms with van der Waals surface area (Å²) >= 11 is 0. The molecule has 0 saturated heterocycles. The van der Waals surface area contributed by atoms with Crippen molar-refractivity contribution in [3.8, 4) is 6.07 Å². The van der Waals surface area contributed by atoms with Crippen LogP contribution in [0.2, 0.25) is 0 Å². The van der Waals surface area contributed by atoms with Gasteiger partial charge in [0.1, 0.15) is 5.92 Å². The van der Waals surface area contributed by atoms with E-state index in [1.54, 1.807) is 0 Å². The molecule has 4 heteroatoms. The molecule has 0 aliphatic rings. The smallest absolute Gasteiger partial charge is 0.237 e. The maximum atomic E-state index is 11.8. The van der Waals surface area contributed by atoms with Crippen LogP contribution in [0.1, 0.15) is 19.4 Å². The van der Waals surface area contributed by atoms with E-state index in [9.17, 15) is 4.79 Å². The van der Waals surface area contributed by atoms with E-state index < -0.39 is 5.92 Å². The Hall–Kier alpha value is -1.86. The summed E-state index contributed by atoms with van der Waals surface area (Å²) in [6, 6.07) is 11.6. The van der Waals surface area contributed by atoms with Gasteiger partial charge < -0.3 is 10.1 Å². The maximum absolute atomic E-state index is 11.8. The molecule has 1 aromatic rings. The molecule has 1 rings (SSSR count). The average Bonchev–Trinajstić information content (AvgIpc) is 2.41. The van der Waals surface area contributed by atoms with Crippen LogP contribution >= 0.6 is 0 Å². The third-order valence-corrected chi connectivity index (χ3v) is 2.61. The highest BCUT2D eigenvalue weighted by Gasteiger charge is 2.17. The topological polar surface area (TPSA) is 62.1 Å². The molecule has 0 aromatic heterocycles. The Balaban J connectivity index is 2.38. The number of hydrogen-bond acceptors (Lipinski definition) is 3. The van der Waals surface area contributed by atoms with Crippen molar-refractivity contribution in [3.05, 3.63) is 35.9 Å². The molecule has 0 bridgehead atoms. The van der Waals surface area contributed by atoms with E-state index in [1.165, 1.54) is 0 Å². The summed E-state index contributed by atoms with van der Waals surface area (Å²) in [6.45, 7) is 4.78. The predicted molar refractivity (Wildman–Crippen MR) is 73.3 cm³/mol. The van der Waals surface area contributed by atoms with Crippen LogP contribution < -0.4 is 5.32 Å². The van der Waals surface area contributed by atoms with Gasteiger partial charge in [0, 0.05) is 6.54 Å². The fourth-order valence-corrected chi connectivity index (χ4v) is 1.64. The Morgan fingerprint density at radius 3 is 2.63 bits per heavy atom. The van der Waals surface area contributed by atoms with Crippen molar-refractivity contribution in [2.24, 2.45) is 5.92 Å². The SMILES string of the molecule is CC(C)OCCNC(=O)C(C#N)Cc1ccccc1. The molecule has 0 heterocycles. The van der Waals surface area contributed by atoms with Gasteiger partial charge in [-0.2, -0.15) is 5.26 Å². The van der Waals surface area contributed by atoms with Gasteiger partial charge in [-0.05, 0) is 25.8 Å². The van der Waals surface area contributed by atoms with Crippen LogP contribution in [0.5, 0.6) is 0 Å². The number of amides is 1. The summed E-state index contributed by atoms with van der Waals surface area (Å²) in [5.74, 6) is -0.889. The second-order valence-electron chi connectivity index (χ2n) is 4.58. The second kappa shape index (κ2) is 8.28. The van der Waals surface area contributed by atoms with E-state index in [-0.39, 0.29) is 12.0 Å². The molecule has 0 spiro atoms. The van der Waals surface area contributed by atoms with Crippen LogP contribution in [-0.4, -0.2) is 25.2 Å². The van der Waals surface area contributed by atoms with Crippen LogP contribution in [0.15, 0.2) is 30.3 Å². The Morgan fingerprint density at radius 2 is 2.05 bits per heavy atom. The van der Waals surface area contributed by atoms with Crippen molar-refractivity contribution in [1.82, 2.24) is 5.32 Å². The number of nitrogens with zero attached hydrogens (tertiary/aromatic N) is 1. The molecule has 1 amide bonds. The van der Waals surface area contributed by atoms with E-state index >= 15 is 0 Å². The van der Waals surface area contributed by atoms with Gasteiger partial charge >= 0.3 is 0 Å². The van der Waals surface area contributed by atoms with Gasteiger partial charge in [-0.1, -0.05) is 30.3 Å². The molecule has 0 aliphatic heterocycles. The van der Waals surface area contributed by atoms with E-state index in [0.717, 1.165) is 5.56 Å². The first-order valence-electron chi connectivity index (χ1n) is 6.46. The number of carbonyl (C=O) groups excluding carboxylic acids is 1. The zero-order valence-corrected chi connectivity index (χ0v) is 11.4. The summed E-state index contributed by atoms with van der Waals surface area (Å²) < 4.78 is 5.33. The predicted octanol–water partition coefficient (Wildman–Crippen LogP) is 1.91. The normalized spacial score (nSPS) is 11.9. The van der Waals surface area contributed by atoms with Crippen LogP contribution in [-0.2, 0) is 16.0 Å². The second-order valence-corrected chi connectivity index (χ2v) is 4.58. The van der Waals surface area contributed by atoms with Crippen LogP contribution in [0.4, 0.5) is 0 Å². The molecular weight excluding hydrogens is 240 g/mol. The van der Waals surface area contributed by atoms with Crippen LogP contribution in [0, 0.1) is 17.2 Å². The van der Waals surface area contributed by atoms with Crippen molar-refractivity contribution < 1.29 is 9.53 Å². The van der Waals surface area contributed by atoms with Crippen molar-refractivity contribution in [2.45, 2.75) is 26.4 Å². The maximum Gasteiger partial charge on any atom is 0.237 e. The Bertz CT molecular complexity index is 424. The third-order valence-electron chi connectivity index (χ3n) is 2.61. The summed E-state index contributed by atoms with van der Waals surface area (Å²) in [5.41, 5.74) is 0.989. The minimum atomic E-state index is -0.651. The lowest BCUT2D eigenvalue weighted by molar-refractivity contribution is -0.123. The van der Waals surface area contributed by atoms with Crippen LogP contribution in [0.3, 0.4) is 0 Å². The van der Waals surface area contributed by atoms with Crippen molar-refractivity contribution in [3.63, 3.8) is 0 Å². The molecule has 1 unspecified atom stereocenters. The van der Waals surface area contributed by atoms with Gasteiger partial charge in [-0.25, -0.2) is 0 Å². The third kappa shape index (κ3) is 6.03. The first-order chi connectivity index (χ1) is 9.13. The van der Waals surface area contributed by atoms with E-state index in [0.29, 0.717) is 19.6 Å². The Kier molecular flexibility index (Phi) is 6.62. The molecule has 4 nitrogen and oxygen atoms in total. The summed E-state index contributed by atoms with van der Waals surface area (Å²) in [6.07, 6.45) is 0.585. The summed E-state index contributed by atoms with van der Waals surface area (Å²) in [4.78, 5) is 11.8. The number of benzene rings is 1. The molecule has 0 saturated carbocycles. The zero-order chi connectivity index (χ0) is 14.1. The zero-order valence-electron chi connectivity index (χ0n) is 11.4. The van der Waals surface area contributed by atoms with Gasteiger partial charge in [0.25, 0.3) is 0 Å². The van der Waals surface area contributed by atoms with Crippen LogP contribution in [0.25, 0.3) is 0 Å². The van der Waals surface area contributed by atoms with Crippen molar-refractivity contribution in [2.75, 3.05) is 13.2 Å². The van der Waals surface area contributed by atoms with Crippen molar-refractivity contribution >= 4 is 5.91 Å². The lowest BCUT2D eigenvalue weighted by Crippen LogP contribution is -2.34. The van der Waals surface area contributed by atoms with Gasteiger partial charge in [-0.3, -0.25) is 4.79 Å². The molecule has 1 aromatic carbocycles. The average molecular weight is 260 g/mol. The molecular formula is C15H20N2O2. The van der Waals surface area contributed by atoms with Gasteiger partial charge in [0.15, 0.2) is 0 Å².